The van der Waals surface area contributed by atoms with Crippen LogP contribution >= 0.6 is 0 Å². The Morgan fingerprint density at radius 3 is 2.53 bits per heavy atom. The predicted molar refractivity (Wildman–Crippen MR) is 57.0 cm³/mol. The minimum atomic E-state index is 0.605. The van der Waals surface area contributed by atoms with Crippen LogP contribution in [0.5, 0.6) is 0 Å². The van der Waals surface area contributed by atoms with Gasteiger partial charge in [0.25, 0.3) is 0 Å². The highest BCUT2D eigenvalue weighted by Crippen LogP contribution is 2.22. The number of anilines is 1. The van der Waals surface area contributed by atoms with Crippen molar-refractivity contribution in [2.75, 3.05) is 5.73 Å². The van der Waals surface area contributed by atoms with E-state index >= 15 is 0 Å². The summed E-state index contributed by atoms with van der Waals surface area (Å²) >= 11 is 0. The molecule has 2 aromatic heterocycles. The normalized spacial score (nSPS) is 10.9. The van der Waals surface area contributed by atoms with E-state index in [1.165, 1.54) is 0 Å². The maximum Gasteiger partial charge on any atom is 0.163 e. The van der Waals surface area contributed by atoms with Crippen molar-refractivity contribution in [3.05, 3.63) is 12.0 Å². The summed E-state index contributed by atoms with van der Waals surface area (Å²) < 4.78 is 3.35. The highest BCUT2D eigenvalue weighted by Gasteiger charge is 2.14. The molecule has 0 aliphatic carbocycles. The average Bonchev–Trinajstić information content (AvgIpc) is 2.73. The molecule has 0 aliphatic heterocycles. The summed E-state index contributed by atoms with van der Waals surface area (Å²) in [4.78, 5) is 4.39. The van der Waals surface area contributed by atoms with Crippen molar-refractivity contribution in [2.24, 2.45) is 14.1 Å². The minimum Gasteiger partial charge on any atom is -0.383 e. The molecule has 0 saturated carbocycles. The van der Waals surface area contributed by atoms with E-state index < -0.39 is 0 Å². The molecule has 0 unspecified atom stereocenters. The van der Waals surface area contributed by atoms with Crippen molar-refractivity contribution in [1.82, 2.24) is 24.5 Å². The average molecular weight is 206 g/mol. The number of nitrogens with zero attached hydrogens (tertiary/aromatic N) is 5. The second kappa shape index (κ2) is 3.38. The molecule has 2 heterocycles. The van der Waals surface area contributed by atoms with Gasteiger partial charge < -0.3 is 5.73 Å². The molecule has 80 valence electrons. The van der Waals surface area contributed by atoms with Crippen molar-refractivity contribution in [2.45, 2.75) is 13.3 Å². The number of aromatic nitrogens is 5. The van der Waals surface area contributed by atoms with Crippen LogP contribution < -0.4 is 5.73 Å². The van der Waals surface area contributed by atoms with Crippen LogP contribution in [0.2, 0.25) is 0 Å². The van der Waals surface area contributed by atoms with E-state index in [1.54, 1.807) is 22.6 Å². The van der Waals surface area contributed by atoms with Gasteiger partial charge in [0.15, 0.2) is 11.6 Å². The van der Waals surface area contributed by atoms with Crippen LogP contribution in [0.15, 0.2) is 6.20 Å². The lowest BCUT2D eigenvalue weighted by atomic mass is 10.3. The maximum atomic E-state index is 5.87. The predicted octanol–water partition coefficient (Wildman–Crippen LogP) is 0.360. The van der Waals surface area contributed by atoms with E-state index in [9.17, 15) is 0 Å². The summed E-state index contributed by atoms with van der Waals surface area (Å²) in [6.45, 7) is 2.02. The van der Waals surface area contributed by atoms with Gasteiger partial charge in [0.2, 0.25) is 0 Å². The van der Waals surface area contributed by atoms with Crippen molar-refractivity contribution in [3.8, 4) is 11.4 Å². The highest BCUT2D eigenvalue weighted by molar-refractivity contribution is 5.67. The molecule has 2 N–H and O–H groups in total. The first-order valence-electron chi connectivity index (χ1n) is 4.81. The second-order valence-corrected chi connectivity index (χ2v) is 3.40. The Hall–Kier alpha value is -1.85. The van der Waals surface area contributed by atoms with Gasteiger partial charge in [0, 0.05) is 20.5 Å². The first-order valence-corrected chi connectivity index (χ1v) is 4.81. The number of hydrogen-bond donors (Lipinski definition) is 1. The number of nitrogen functional groups attached to an aromatic ring is 1. The quantitative estimate of drug-likeness (QED) is 0.769. The third kappa shape index (κ3) is 1.47. The van der Waals surface area contributed by atoms with Crippen LogP contribution in [0.25, 0.3) is 11.4 Å². The number of rotatable bonds is 2. The highest BCUT2D eigenvalue weighted by atomic mass is 15.3. The fourth-order valence-electron chi connectivity index (χ4n) is 1.44. The molecule has 0 bridgehead atoms. The summed E-state index contributed by atoms with van der Waals surface area (Å²) in [5, 5.41) is 8.35. The van der Waals surface area contributed by atoms with E-state index in [1.807, 2.05) is 14.0 Å². The Morgan fingerprint density at radius 2 is 2.07 bits per heavy atom. The van der Waals surface area contributed by atoms with Crippen LogP contribution in [0.4, 0.5) is 5.82 Å². The number of hydrogen-bond acceptors (Lipinski definition) is 4. The second-order valence-electron chi connectivity index (χ2n) is 3.40. The van der Waals surface area contributed by atoms with Crippen molar-refractivity contribution < 1.29 is 0 Å². The summed E-state index contributed by atoms with van der Waals surface area (Å²) in [5.41, 5.74) is 6.70. The van der Waals surface area contributed by atoms with Crippen LogP contribution in [0.3, 0.4) is 0 Å². The SMILES string of the molecule is CCc1nc(-c2cnn(C)c2N)n(C)n1. The Labute approximate surface area is 87.7 Å². The van der Waals surface area contributed by atoms with Crippen LogP contribution in [-0.2, 0) is 20.5 Å². The van der Waals surface area contributed by atoms with Crippen molar-refractivity contribution in [3.63, 3.8) is 0 Å². The molecule has 6 heteroatoms. The Bertz CT molecular complexity index is 481. The molecule has 0 radical (unpaired) electrons. The molecule has 6 nitrogen and oxygen atoms in total. The third-order valence-corrected chi connectivity index (χ3v) is 2.35. The molecule has 15 heavy (non-hydrogen) atoms. The lowest BCUT2D eigenvalue weighted by Gasteiger charge is -1.98. The van der Waals surface area contributed by atoms with Crippen LogP contribution in [-0.4, -0.2) is 24.5 Å². The molecule has 0 aromatic carbocycles. The van der Waals surface area contributed by atoms with Gasteiger partial charge in [0.05, 0.1) is 11.8 Å². The zero-order valence-electron chi connectivity index (χ0n) is 9.10. The number of nitrogens with two attached hydrogens (primary N) is 1. The smallest absolute Gasteiger partial charge is 0.163 e. The first-order chi connectivity index (χ1) is 7.13. The summed E-state index contributed by atoms with van der Waals surface area (Å²) in [6, 6.07) is 0. The Kier molecular flexibility index (Phi) is 2.18. The van der Waals surface area contributed by atoms with Crippen LogP contribution in [0, 0.1) is 0 Å². The third-order valence-electron chi connectivity index (χ3n) is 2.35. The molecule has 0 saturated heterocycles. The molecule has 2 rings (SSSR count). The fourth-order valence-corrected chi connectivity index (χ4v) is 1.44. The zero-order valence-corrected chi connectivity index (χ0v) is 9.10. The van der Waals surface area contributed by atoms with Gasteiger partial charge in [-0.3, -0.25) is 4.68 Å². The van der Waals surface area contributed by atoms with Gasteiger partial charge in [-0.15, -0.1) is 0 Å². The Balaban J connectivity index is 2.53. The van der Waals surface area contributed by atoms with E-state index in [0.29, 0.717) is 5.82 Å². The van der Waals surface area contributed by atoms with Gasteiger partial charge in [-0.2, -0.15) is 10.2 Å². The van der Waals surface area contributed by atoms with E-state index in [4.69, 9.17) is 5.73 Å². The lowest BCUT2D eigenvalue weighted by Crippen LogP contribution is -2.00. The lowest BCUT2D eigenvalue weighted by molar-refractivity contribution is 0.752. The van der Waals surface area contributed by atoms with Gasteiger partial charge in [0.1, 0.15) is 5.82 Å². The molecular weight excluding hydrogens is 192 g/mol. The van der Waals surface area contributed by atoms with Crippen molar-refractivity contribution >= 4 is 5.82 Å². The number of aryl methyl sites for hydroxylation is 3. The van der Waals surface area contributed by atoms with Crippen molar-refractivity contribution in [1.29, 1.82) is 0 Å². The topological polar surface area (TPSA) is 74.6 Å². The van der Waals surface area contributed by atoms with Gasteiger partial charge in [-0.05, 0) is 0 Å². The zero-order chi connectivity index (χ0) is 11.0. The van der Waals surface area contributed by atoms with Gasteiger partial charge >= 0.3 is 0 Å². The monoisotopic (exact) mass is 206 g/mol. The molecule has 0 spiro atoms. The van der Waals surface area contributed by atoms with E-state index in [2.05, 4.69) is 15.2 Å². The Morgan fingerprint density at radius 1 is 1.33 bits per heavy atom. The molecule has 0 fully saturated rings. The molecular formula is C9H14N6. The summed E-state index contributed by atoms with van der Waals surface area (Å²) in [7, 11) is 3.66. The molecule has 0 amide bonds. The largest absolute Gasteiger partial charge is 0.383 e. The standard InChI is InChI=1S/C9H14N6/c1-4-7-12-9(15(3)13-7)6-5-11-14(2)8(6)10/h5H,4,10H2,1-3H3. The van der Waals surface area contributed by atoms with E-state index in [-0.39, 0.29) is 0 Å². The maximum absolute atomic E-state index is 5.87. The first kappa shape index (κ1) is 9.70. The summed E-state index contributed by atoms with van der Waals surface area (Å²) in [5.74, 6) is 2.18. The summed E-state index contributed by atoms with van der Waals surface area (Å²) in [6.07, 6.45) is 2.52. The van der Waals surface area contributed by atoms with Gasteiger partial charge in [-0.1, -0.05) is 6.92 Å². The van der Waals surface area contributed by atoms with E-state index in [0.717, 1.165) is 23.6 Å². The minimum absolute atomic E-state index is 0.605. The molecule has 2 aromatic rings. The van der Waals surface area contributed by atoms with Crippen LogP contribution in [0.1, 0.15) is 12.7 Å². The molecule has 0 atom stereocenters. The van der Waals surface area contributed by atoms with Gasteiger partial charge in [-0.25, -0.2) is 9.67 Å². The fraction of sp³-hybridized carbons (Fsp3) is 0.444. The molecule has 0 aliphatic rings.